The van der Waals surface area contributed by atoms with Crippen molar-refractivity contribution in [3.63, 3.8) is 0 Å². The topological polar surface area (TPSA) is 126 Å². The second-order valence-corrected chi connectivity index (χ2v) is 8.94. The zero-order valence-electron chi connectivity index (χ0n) is 17.7. The number of halogens is 1. The third-order valence-electron chi connectivity index (χ3n) is 6.47. The summed E-state index contributed by atoms with van der Waals surface area (Å²) in [6, 6.07) is 1.36. The van der Waals surface area contributed by atoms with Crippen LogP contribution in [0.1, 0.15) is 31.2 Å². The van der Waals surface area contributed by atoms with E-state index in [2.05, 4.69) is 19.9 Å². The minimum atomic E-state index is -1.09. The number of carbonyl (C=O) groups is 1. The molecule has 1 N–H and O–H groups in total. The summed E-state index contributed by atoms with van der Waals surface area (Å²) < 4.78 is 0. The number of rotatable bonds is 7. The van der Waals surface area contributed by atoms with Crippen LogP contribution in [-0.2, 0) is 0 Å². The first-order chi connectivity index (χ1) is 15.3. The van der Waals surface area contributed by atoms with Crippen molar-refractivity contribution in [2.24, 2.45) is 17.8 Å². The van der Waals surface area contributed by atoms with E-state index >= 15 is 0 Å². The van der Waals surface area contributed by atoms with Gasteiger partial charge >= 0.3 is 6.09 Å². The Morgan fingerprint density at radius 2 is 1.97 bits per heavy atom. The normalized spacial score (nSPS) is 20.8. The van der Waals surface area contributed by atoms with Crippen molar-refractivity contribution in [2.45, 2.75) is 32.6 Å². The van der Waals surface area contributed by atoms with Crippen LogP contribution >= 0.6 is 11.6 Å². The highest BCUT2D eigenvalue weighted by molar-refractivity contribution is 6.30. The summed E-state index contributed by atoms with van der Waals surface area (Å²) in [5, 5.41) is 21.1. The van der Waals surface area contributed by atoms with Gasteiger partial charge in [0.25, 0.3) is 5.69 Å². The van der Waals surface area contributed by atoms with Gasteiger partial charge < -0.3 is 10.0 Å². The van der Waals surface area contributed by atoms with Gasteiger partial charge in [-0.2, -0.15) is 0 Å². The van der Waals surface area contributed by atoms with Gasteiger partial charge in [0, 0.05) is 25.7 Å². The standard InChI is InChI=1S/C21H25ClN6O4/c1-13-8-17(28(31)32)12-23-19(13)27(21(29)30)7-4-15-9-18(15)14-2-5-26(6-3-14)20-24-10-16(22)11-25-20/h8,10-12,14-15,18H,2-7,9H2,1H3,(H,29,30). The summed E-state index contributed by atoms with van der Waals surface area (Å²) in [5.74, 6) is 2.71. The Morgan fingerprint density at radius 3 is 2.56 bits per heavy atom. The van der Waals surface area contributed by atoms with Gasteiger partial charge in [0.15, 0.2) is 0 Å². The number of hydrogen-bond donors (Lipinski definition) is 1. The number of pyridine rings is 1. The van der Waals surface area contributed by atoms with Crippen LogP contribution < -0.4 is 9.80 Å². The molecule has 1 amide bonds. The summed E-state index contributed by atoms with van der Waals surface area (Å²) in [7, 11) is 0. The van der Waals surface area contributed by atoms with Crippen molar-refractivity contribution >= 4 is 35.1 Å². The summed E-state index contributed by atoms with van der Waals surface area (Å²) in [6.45, 7) is 3.79. The smallest absolute Gasteiger partial charge is 0.413 e. The number of aryl methyl sites for hydroxylation is 1. The highest BCUT2D eigenvalue weighted by Gasteiger charge is 2.43. The summed E-state index contributed by atoms with van der Waals surface area (Å²) in [4.78, 5) is 38.2. The minimum absolute atomic E-state index is 0.144. The van der Waals surface area contributed by atoms with Crippen LogP contribution in [0, 0.1) is 34.8 Å². The van der Waals surface area contributed by atoms with E-state index in [1.165, 1.54) is 11.0 Å². The second-order valence-electron chi connectivity index (χ2n) is 8.50. The molecule has 0 aromatic carbocycles. The van der Waals surface area contributed by atoms with Gasteiger partial charge in [0.2, 0.25) is 5.95 Å². The lowest BCUT2D eigenvalue weighted by atomic mass is 9.90. The molecule has 1 saturated heterocycles. The molecule has 4 rings (SSSR count). The number of amides is 1. The maximum absolute atomic E-state index is 11.8. The van der Waals surface area contributed by atoms with Crippen molar-refractivity contribution < 1.29 is 14.8 Å². The number of nitrogens with zero attached hydrogens (tertiary/aromatic N) is 6. The van der Waals surface area contributed by atoms with E-state index < -0.39 is 11.0 Å². The maximum atomic E-state index is 11.8. The molecule has 170 valence electrons. The highest BCUT2D eigenvalue weighted by Crippen LogP contribution is 2.50. The molecule has 10 nitrogen and oxygen atoms in total. The molecule has 2 fully saturated rings. The Labute approximate surface area is 190 Å². The zero-order chi connectivity index (χ0) is 22.8. The quantitative estimate of drug-likeness (QED) is 0.482. The Kier molecular flexibility index (Phi) is 6.40. The fourth-order valence-electron chi connectivity index (χ4n) is 4.70. The number of anilines is 2. The average Bonchev–Trinajstić information content (AvgIpc) is 3.55. The van der Waals surface area contributed by atoms with Gasteiger partial charge in [0.05, 0.1) is 22.3 Å². The van der Waals surface area contributed by atoms with Crippen LogP contribution in [-0.4, -0.2) is 50.7 Å². The molecule has 2 aromatic heterocycles. The average molecular weight is 461 g/mol. The van der Waals surface area contributed by atoms with Crippen LogP contribution in [0.3, 0.4) is 0 Å². The molecule has 2 aliphatic rings. The van der Waals surface area contributed by atoms with Gasteiger partial charge in [-0.1, -0.05) is 11.6 Å². The van der Waals surface area contributed by atoms with Crippen molar-refractivity contribution in [1.82, 2.24) is 15.0 Å². The molecule has 2 atom stereocenters. The molecular formula is C21H25ClN6O4. The third kappa shape index (κ3) is 4.90. The highest BCUT2D eigenvalue weighted by atomic mass is 35.5. The van der Waals surface area contributed by atoms with Gasteiger partial charge in [-0.25, -0.2) is 19.7 Å². The van der Waals surface area contributed by atoms with E-state index in [1.807, 2.05) is 0 Å². The van der Waals surface area contributed by atoms with Crippen molar-refractivity contribution in [1.29, 1.82) is 0 Å². The minimum Gasteiger partial charge on any atom is -0.465 e. The van der Waals surface area contributed by atoms with Crippen LogP contribution in [0.25, 0.3) is 0 Å². The van der Waals surface area contributed by atoms with Crippen LogP contribution in [0.5, 0.6) is 0 Å². The maximum Gasteiger partial charge on any atom is 0.413 e. The summed E-state index contributed by atoms with van der Waals surface area (Å²) in [5.41, 5.74) is 0.333. The monoisotopic (exact) mass is 460 g/mol. The van der Waals surface area contributed by atoms with Crippen molar-refractivity contribution in [2.75, 3.05) is 29.4 Å². The Bertz CT molecular complexity index is 996. The number of nitro groups is 1. The van der Waals surface area contributed by atoms with Gasteiger partial charge in [-0.15, -0.1) is 0 Å². The fraction of sp³-hybridized carbons (Fsp3) is 0.524. The Hall–Kier alpha value is -3.01. The van der Waals surface area contributed by atoms with E-state index in [4.69, 9.17) is 11.6 Å². The molecule has 32 heavy (non-hydrogen) atoms. The van der Waals surface area contributed by atoms with Gasteiger partial charge in [0.1, 0.15) is 12.0 Å². The summed E-state index contributed by atoms with van der Waals surface area (Å²) >= 11 is 5.86. The van der Waals surface area contributed by atoms with E-state index in [9.17, 15) is 20.0 Å². The Balaban J connectivity index is 1.29. The van der Waals surface area contributed by atoms with Crippen LogP contribution in [0.15, 0.2) is 24.7 Å². The van der Waals surface area contributed by atoms with E-state index in [0.717, 1.165) is 45.0 Å². The number of aromatic nitrogens is 3. The second kappa shape index (κ2) is 9.23. The third-order valence-corrected chi connectivity index (χ3v) is 6.66. The van der Waals surface area contributed by atoms with Gasteiger partial charge in [-0.3, -0.25) is 15.0 Å². The number of piperidine rings is 1. The molecule has 3 heterocycles. The SMILES string of the molecule is Cc1cc([N+](=O)[O-])cnc1N(CCC1CC1C1CCN(c2ncc(Cl)cn2)CC1)C(=O)O. The van der Waals surface area contributed by atoms with E-state index in [1.54, 1.807) is 19.3 Å². The molecule has 0 bridgehead atoms. The van der Waals surface area contributed by atoms with E-state index in [-0.39, 0.29) is 11.5 Å². The molecule has 2 aromatic rings. The lowest BCUT2D eigenvalue weighted by Crippen LogP contribution is -2.35. The van der Waals surface area contributed by atoms with Gasteiger partial charge in [-0.05, 0) is 55.9 Å². The molecular weight excluding hydrogens is 436 g/mol. The molecule has 2 unspecified atom stereocenters. The van der Waals surface area contributed by atoms with Crippen molar-refractivity contribution in [3.8, 4) is 0 Å². The predicted octanol–water partition coefficient (Wildman–Crippen LogP) is 4.17. The zero-order valence-corrected chi connectivity index (χ0v) is 18.5. The number of hydrogen-bond acceptors (Lipinski definition) is 7. The molecule has 1 aliphatic heterocycles. The fourth-order valence-corrected chi connectivity index (χ4v) is 4.80. The first-order valence-corrected chi connectivity index (χ1v) is 11.0. The van der Waals surface area contributed by atoms with Crippen molar-refractivity contribution in [3.05, 3.63) is 45.4 Å². The lowest BCUT2D eigenvalue weighted by Gasteiger charge is -2.32. The Morgan fingerprint density at radius 1 is 1.28 bits per heavy atom. The predicted molar refractivity (Wildman–Crippen MR) is 119 cm³/mol. The van der Waals surface area contributed by atoms with E-state index in [0.29, 0.717) is 40.8 Å². The first-order valence-electron chi connectivity index (χ1n) is 10.7. The van der Waals surface area contributed by atoms with Crippen LogP contribution in [0.4, 0.5) is 22.2 Å². The summed E-state index contributed by atoms with van der Waals surface area (Å²) in [6.07, 6.45) is 7.25. The molecule has 1 aliphatic carbocycles. The first kappa shape index (κ1) is 22.2. The molecule has 1 saturated carbocycles. The number of carboxylic acid groups (broad SMARTS) is 1. The molecule has 11 heteroatoms. The van der Waals surface area contributed by atoms with Crippen LogP contribution in [0.2, 0.25) is 5.02 Å². The largest absolute Gasteiger partial charge is 0.465 e. The molecule has 0 spiro atoms. The lowest BCUT2D eigenvalue weighted by molar-refractivity contribution is -0.385. The molecule has 0 radical (unpaired) electrons.